The van der Waals surface area contributed by atoms with Crippen LogP contribution in [0, 0.1) is 0 Å². The number of anilines is 3. The molecule has 7 heteroatoms. The van der Waals surface area contributed by atoms with Crippen LogP contribution in [0.15, 0.2) is 36.4 Å². The molecule has 0 bridgehead atoms. The second-order valence-electron chi connectivity index (χ2n) is 8.28. The second kappa shape index (κ2) is 9.18. The predicted molar refractivity (Wildman–Crippen MR) is 119 cm³/mol. The Hall–Kier alpha value is -2.38. The first kappa shape index (κ1) is 19.6. The Morgan fingerprint density at radius 1 is 0.733 bits per heavy atom. The van der Waals surface area contributed by atoms with Crippen molar-refractivity contribution in [2.45, 2.75) is 18.8 Å². The summed E-state index contributed by atoms with van der Waals surface area (Å²) in [5.74, 6) is 3.43. The lowest BCUT2D eigenvalue weighted by Crippen LogP contribution is -2.40. The highest BCUT2D eigenvalue weighted by Crippen LogP contribution is 2.31. The summed E-state index contributed by atoms with van der Waals surface area (Å²) >= 11 is 0. The van der Waals surface area contributed by atoms with Gasteiger partial charge in [0.15, 0.2) is 0 Å². The summed E-state index contributed by atoms with van der Waals surface area (Å²) < 4.78 is 11.1. The first-order valence-electron chi connectivity index (χ1n) is 11.2. The van der Waals surface area contributed by atoms with Crippen molar-refractivity contribution >= 4 is 17.6 Å². The minimum atomic E-state index is 0.530. The van der Waals surface area contributed by atoms with Crippen molar-refractivity contribution in [2.24, 2.45) is 0 Å². The van der Waals surface area contributed by atoms with Gasteiger partial charge >= 0.3 is 0 Å². The first-order valence-corrected chi connectivity index (χ1v) is 11.2. The van der Waals surface area contributed by atoms with Crippen LogP contribution in [0.5, 0.6) is 0 Å². The summed E-state index contributed by atoms with van der Waals surface area (Å²) in [5, 5.41) is 0. The highest BCUT2D eigenvalue weighted by atomic mass is 16.5. The zero-order chi connectivity index (χ0) is 20.2. The quantitative estimate of drug-likeness (QED) is 0.769. The van der Waals surface area contributed by atoms with E-state index in [9.17, 15) is 0 Å². The third kappa shape index (κ3) is 4.37. The molecule has 0 spiro atoms. The topological polar surface area (TPSA) is 54.0 Å². The molecule has 1 aromatic heterocycles. The lowest BCUT2D eigenvalue weighted by Gasteiger charge is -2.36. The van der Waals surface area contributed by atoms with Gasteiger partial charge in [-0.3, -0.25) is 0 Å². The van der Waals surface area contributed by atoms with Gasteiger partial charge in [0.05, 0.1) is 26.4 Å². The molecule has 0 saturated carbocycles. The van der Waals surface area contributed by atoms with E-state index in [0.717, 1.165) is 89.7 Å². The molecule has 7 nitrogen and oxygen atoms in total. The monoisotopic (exact) mass is 409 g/mol. The van der Waals surface area contributed by atoms with E-state index < -0.39 is 0 Å². The number of ether oxygens (including phenoxy) is 2. The standard InChI is InChI=1S/C23H31N5O2/c1-2-5-19(6-3-1)20-7-4-8-28(18-20)23-24-21(26-9-13-29-14-10-26)17-22(25-23)27-11-15-30-16-12-27/h1-3,5-6,17,20H,4,7-16,18H2. The van der Waals surface area contributed by atoms with E-state index in [2.05, 4.69) is 51.1 Å². The van der Waals surface area contributed by atoms with E-state index in [0.29, 0.717) is 5.92 Å². The third-order valence-corrected chi connectivity index (χ3v) is 6.33. The van der Waals surface area contributed by atoms with Crippen LogP contribution < -0.4 is 14.7 Å². The molecule has 0 aliphatic carbocycles. The van der Waals surface area contributed by atoms with E-state index in [1.165, 1.54) is 12.0 Å². The summed E-state index contributed by atoms with van der Waals surface area (Å²) in [6, 6.07) is 13.0. The van der Waals surface area contributed by atoms with E-state index in [4.69, 9.17) is 19.4 Å². The Bertz CT molecular complexity index is 785. The Morgan fingerprint density at radius 3 is 1.93 bits per heavy atom. The lowest BCUT2D eigenvalue weighted by atomic mass is 9.91. The molecule has 0 amide bonds. The minimum absolute atomic E-state index is 0.530. The van der Waals surface area contributed by atoms with Crippen LogP contribution in [-0.4, -0.2) is 75.7 Å². The van der Waals surface area contributed by atoms with Gasteiger partial charge in [-0.15, -0.1) is 0 Å². The van der Waals surface area contributed by atoms with Gasteiger partial charge in [-0.2, -0.15) is 9.97 Å². The number of rotatable bonds is 4. The molecule has 3 saturated heterocycles. The van der Waals surface area contributed by atoms with Crippen LogP contribution in [-0.2, 0) is 9.47 Å². The van der Waals surface area contributed by atoms with E-state index in [-0.39, 0.29) is 0 Å². The van der Waals surface area contributed by atoms with Gasteiger partial charge in [0.1, 0.15) is 11.6 Å². The van der Waals surface area contributed by atoms with Gasteiger partial charge in [0, 0.05) is 51.3 Å². The van der Waals surface area contributed by atoms with Crippen molar-refractivity contribution in [3.05, 3.63) is 42.0 Å². The van der Waals surface area contributed by atoms with Crippen LogP contribution >= 0.6 is 0 Å². The van der Waals surface area contributed by atoms with Crippen LogP contribution in [0.4, 0.5) is 17.6 Å². The molecule has 3 aliphatic rings. The molecule has 1 aromatic carbocycles. The molecule has 3 fully saturated rings. The van der Waals surface area contributed by atoms with Gasteiger partial charge in [0.25, 0.3) is 0 Å². The van der Waals surface area contributed by atoms with Crippen LogP contribution in [0.3, 0.4) is 0 Å². The molecule has 30 heavy (non-hydrogen) atoms. The number of hydrogen-bond donors (Lipinski definition) is 0. The number of nitrogens with zero attached hydrogens (tertiary/aromatic N) is 5. The van der Waals surface area contributed by atoms with Crippen molar-refractivity contribution in [1.29, 1.82) is 0 Å². The molecule has 1 unspecified atom stereocenters. The third-order valence-electron chi connectivity index (χ3n) is 6.33. The fourth-order valence-electron chi connectivity index (χ4n) is 4.62. The summed E-state index contributed by atoms with van der Waals surface area (Å²) in [7, 11) is 0. The summed E-state index contributed by atoms with van der Waals surface area (Å²) in [5.41, 5.74) is 1.42. The first-order chi connectivity index (χ1) is 14.9. The van der Waals surface area contributed by atoms with Gasteiger partial charge in [-0.25, -0.2) is 0 Å². The van der Waals surface area contributed by atoms with Gasteiger partial charge in [0.2, 0.25) is 5.95 Å². The molecule has 160 valence electrons. The van der Waals surface area contributed by atoms with Crippen molar-refractivity contribution in [1.82, 2.24) is 9.97 Å². The SMILES string of the molecule is c1ccc(C2CCCN(c3nc(N4CCOCC4)cc(N4CCOCC4)n3)C2)cc1. The van der Waals surface area contributed by atoms with Gasteiger partial charge in [-0.1, -0.05) is 30.3 Å². The summed E-state index contributed by atoms with van der Waals surface area (Å²) in [4.78, 5) is 17.1. The largest absolute Gasteiger partial charge is 0.378 e. The maximum Gasteiger partial charge on any atom is 0.229 e. The average molecular weight is 410 g/mol. The van der Waals surface area contributed by atoms with E-state index in [1.807, 2.05) is 0 Å². The van der Waals surface area contributed by atoms with E-state index >= 15 is 0 Å². The summed E-state index contributed by atoms with van der Waals surface area (Å²) in [6.45, 7) is 8.53. The van der Waals surface area contributed by atoms with Crippen molar-refractivity contribution < 1.29 is 9.47 Å². The molecular weight excluding hydrogens is 378 g/mol. The van der Waals surface area contributed by atoms with Crippen LogP contribution in [0.1, 0.15) is 24.3 Å². The fourth-order valence-corrected chi connectivity index (χ4v) is 4.62. The Kier molecular flexibility index (Phi) is 5.99. The second-order valence-corrected chi connectivity index (χ2v) is 8.28. The molecule has 4 heterocycles. The van der Waals surface area contributed by atoms with Gasteiger partial charge < -0.3 is 24.2 Å². The molecule has 2 aromatic rings. The normalized spacial score (nSPS) is 22.9. The van der Waals surface area contributed by atoms with Crippen LogP contribution in [0.25, 0.3) is 0 Å². The Labute approximate surface area is 178 Å². The molecule has 3 aliphatic heterocycles. The molecular formula is C23H31N5O2. The Morgan fingerprint density at radius 2 is 1.33 bits per heavy atom. The predicted octanol–water partition coefficient (Wildman–Crippen LogP) is 2.53. The molecule has 0 radical (unpaired) electrons. The number of morpholine rings is 2. The average Bonchev–Trinajstić information content (AvgIpc) is 2.85. The molecule has 5 rings (SSSR count). The molecule has 0 N–H and O–H groups in total. The zero-order valence-electron chi connectivity index (χ0n) is 17.6. The van der Waals surface area contributed by atoms with E-state index in [1.54, 1.807) is 0 Å². The minimum Gasteiger partial charge on any atom is -0.378 e. The number of piperidine rings is 1. The highest BCUT2D eigenvalue weighted by Gasteiger charge is 2.26. The summed E-state index contributed by atoms with van der Waals surface area (Å²) in [6.07, 6.45) is 2.39. The maximum atomic E-state index is 5.55. The maximum absolute atomic E-state index is 5.55. The number of hydrogen-bond acceptors (Lipinski definition) is 7. The number of aromatic nitrogens is 2. The Balaban J connectivity index is 1.43. The smallest absolute Gasteiger partial charge is 0.229 e. The number of benzene rings is 1. The van der Waals surface area contributed by atoms with Crippen molar-refractivity contribution in [3.8, 4) is 0 Å². The van der Waals surface area contributed by atoms with Crippen molar-refractivity contribution in [2.75, 3.05) is 80.4 Å². The zero-order valence-corrected chi connectivity index (χ0v) is 17.6. The fraction of sp³-hybridized carbons (Fsp3) is 0.565. The van der Waals surface area contributed by atoms with Gasteiger partial charge in [-0.05, 0) is 18.4 Å². The van der Waals surface area contributed by atoms with Crippen LogP contribution in [0.2, 0.25) is 0 Å². The lowest BCUT2D eigenvalue weighted by molar-refractivity contribution is 0.122. The highest BCUT2D eigenvalue weighted by molar-refractivity contribution is 5.56. The molecule has 1 atom stereocenters. The van der Waals surface area contributed by atoms with Crippen molar-refractivity contribution in [3.63, 3.8) is 0 Å².